The molecule has 0 aliphatic heterocycles. The van der Waals surface area contributed by atoms with Gasteiger partial charge in [0, 0.05) is 12.3 Å². The van der Waals surface area contributed by atoms with Gasteiger partial charge in [-0.25, -0.2) is 4.79 Å². The third kappa shape index (κ3) is 2.52. The summed E-state index contributed by atoms with van der Waals surface area (Å²) in [6.45, 7) is 1.45. The molecular weight excluding hydrogens is 295 g/mol. The molecule has 14 heavy (non-hydrogen) atoms. The number of amides is 1. The molecule has 1 aromatic carbocycles. The van der Waals surface area contributed by atoms with Crippen molar-refractivity contribution in [2.45, 2.75) is 6.92 Å². The van der Waals surface area contributed by atoms with E-state index in [2.05, 4.69) is 0 Å². The van der Waals surface area contributed by atoms with Crippen LogP contribution < -0.4 is 5.32 Å². The van der Waals surface area contributed by atoms with Crippen LogP contribution in [-0.4, -0.2) is 17.2 Å². The van der Waals surface area contributed by atoms with Crippen molar-refractivity contribution in [3.8, 4) is 5.75 Å². The standard InChI is InChI=1S/C9H9IN2O2/c1-5(13)12-8-3-7(10)9(14)2-6(8)4-11/h2-4,11,14H,1H3,(H,12,13)/p+1. The van der Waals surface area contributed by atoms with Crippen LogP contribution in [0.3, 0.4) is 0 Å². The summed E-state index contributed by atoms with van der Waals surface area (Å²) in [4.78, 5) is 10.9. The Bertz CT molecular complexity index is 391. The Labute approximate surface area is 95.0 Å². The molecule has 0 bridgehead atoms. The normalized spacial score (nSPS) is 9.86. The largest absolute Gasteiger partial charge is 0.507 e. The summed E-state index contributed by atoms with van der Waals surface area (Å²) in [6.07, 6.45) is 1.12. The van der Waals surface area contributed by atoms with Crippen LogP contribution in [0.5, 0.6) is 5.75 Å². The zero-order valence-electron chi connectivity index (χ0n) is 7.54. The molecule has 0 unspecified atom stereocenters. The SMILES string of the molecule is CC(=O)[NH2+]c1cc(I)c(O)cc1C=N. The molecule has 0 atom stereocenters. The fraction of sp³-hybridized carbons (Fsp3) is 0.111. The number of phenols is 1. The second-order valence-electron chi connectivity index (χ2n) is 2.83. The molecule has 0 aromatic heterocycles. The van der Waals surface area contributed by atoms with E-state index in [1.165, 1.54) is 18.3 Å². The van der Waals surface area contributed by atoms with Gasteiger partial charge in [0.05, 0.1) is 16.1 Å². The Hall–Kier alpha value is -0.950. The van der Waals surface area contributed by atoms with E-state index in [1.807, 2.05) is 22.6 Å². The van der Waals surface area contributed by atoms with Crippen molar-refractivity contribution in [1.29, 1.82) is 5.41 Å². The number of hydrogen-bond acceptors (Lipinski definition) is 3. The molecule has 1 amide bonds. The summed E-state index contributed by atoms with van der Waals surface area (Å²) < 4.78 is 0.667. The lowest BCUT2D eigenvalue weighted by Gasteiger charge is -2.03. The monoisotopic (exact) mass is 305 g/mol. The van der Waals surface area contributed by atoms with Crippen LogP contribution in [0.2, 0.25) is 0 Å². The molecule has 1 aromatic rings. The fourth-order valence-corrected chi connectivity index (χ4v) is 1.55. The minimum atomic E-state index is -0.0745. The molecule has 0 radical (unpaired) electrons. The minimum absolute atomic E-state index is 0.0745. The zero-order valence-corrected chi connectivity index (χ0v) is 9.70. The van der Waals surface area contributed by atoms with Crippen molar-refractivity contribution in [3.63, 3.8) is 0 Å². The number of nitrogens with two attached hydrogens (primary N) is 1. The first kappa shape index (κ1) is 11.1. The second kappa shape index (κ2) is 4.52. The Balaban J connectivity index is 3.19. The van der Waals surface area contributed by atoms with E-state index in [0.29, 0.717) is 14.8 Å². The molecule has 5 heteroatoms. The number of primary amides is 1. The van der Waals surface area contributed by atoms with Gasteiger partial charge < -0.3 is 10.5 Å². The van der Waals surface area contributed by atoms with Crippen molar-refractivity contribution in [2.75, 3.05) is 0 Å². The van der Waals surface area contributed by atoms with Crippen LogP contribution in [0.25, 0.3) is 0 Å². The van der Waals surface area contributed by atoms with Crippen LogP contribution in [0, 0.1) is 8.98 Å². The number of quaternary nitrogens is 1. The second-order valence-corrected chi connectivity index (χ2v) is 3.99. The van der Waals surface area contributed by atoms with Crippen LogP contribution in [0.15, 0.2) is 12.1 Å². The summed E-state index contributed by atoms with van der Waals surface area (Å²) in [5.41, 5.74) is 1.20. The van der Waals surface area contributed by atoms with Gasteiger partial charge in [0.25, 0.3) is 0 Å². The minimum Gasteiger partial charge on any atom is -0.507 e. The van der Waals surface area contributed by atoms with E-state index in [0.717, 1.165) is 6.21 Å². The number of benzene rings is 1. The maximum Gasteiger partial charge on any atom is 0.312 e. The highest BCUT2D eigenvalue weighted by Crippen LogP contribution is 2.23. The number of carbonyl (C=O) groups is 1. The molecule has 0 fully saturated rings. The Kier molecular flexibility index (Phi) is 3.59. The predicted molar refractivity (Wildman–Crippen MR) is 61.0 cm³/mol. The zero-order chi connectivity index (χ0) is 10.7. The third-order valence-corrected chi connectivity index (χ3v) is 2.53. The molecule has 1 rings (SSSR count). The van der Waals surface area contributed by atoms with E-state index in [1.54, 1.807) is 6.07 Å². The van der Waals surface area contributed by atoms with E-state index in [-0.39, 0.29) is 11.7 Å². The summed E-state index contributed by atoms with van der Waals surface area (Å²) >= 11 is 1.97. The van der Waals surface area contributed by atoms with E-state index >= 15 is 0 Å². The van der Waals surface area contributed by atoms with Gasteiger partial charge >= 0.3 is 5.91 Å². The van der Waals surface area contributed by atoms with E-state index in [9.17, 15) is 9.90 Å². The lowest BCUT2D eigenvalue weighted by Crippen LogP contribution is -2.81. The van der Waals surface area contributed by atoms with Crippen molar-refractivity contribution in [1.82, 2.24) is 0 Å². The lowest BCUT2D eigenvalue weighted by molar-refractivity contribution is -0.481. The Morgan fingerprint density at radius 1 is 1.64 bits per heavy atom. The summed E-state index contributed by atoms with van der Waals surface area (Å²) in [5.74, 6) is 0.0550. The van der Waals surface area contributed by atoms with Gasteiger partial charge in [0.1, 0.15) is 11.4 Å². The quantitative estimate of drug-likeness (QED) is 0.326. The molecule has 0 aliphatic carbocycles. The molecule has 0 saturated heterocycles. The fourth-order valence-electron chi connectivity index (χ4n) is 1.06. The average molecular weight is 305 g/mol. The van der Waals surface area contributed by atoms with Crippen LogP contribution in [0.4, 0.5) is 5.69 Å². The van der Waals surface area contributed by atoms with Crippen molar-refractivity contribution in [2.24, 2.45) is 0 Å². The summed E-state index contributed by atoms with van der Waals surface area (Å²) in [6, 6.07) is 3.15. The van der Waals surface area contributed by atoms with Gasteiger partial charge in [-0.15, -0.1) is 0 Å². The molecule has 0 spiro atoms. The first-order valence-electron chi connectivity index (χ1n) is 3.93. The molecular formula is C9H10IN2O2+. The summed E-state index contributed by atoms with van der Waals surface area (Å²) in [7, 11) is 0. The number of rotatable bonds is 2. The number of nitrogens with one attached hydrogen (secondary N) is 1. The van der Waals surface area contributed by atoms with Crippen molar-refractivity contribution < 1.29 is 15.2 Å². The van der Waals surface area contributed by atoms with Gasteiger partial charge in [-0.1, -0.05) is 0 Å². The van der Waals surface area contributed by atoms with Gasteiger partial charge in [-0.2, -0.15) is 0 Å². The van der Waals surface area contributed by atoms with Crippen LogP contribution in [-0.2, 0) is 4.79 Å². The number of aromatic hydroxyl groups is 1. The number of carbonyl (C=O) groups excluding carboxylic acids is 1. The van der Waals surface area contributed by atoms with Gasteiger partial charge in [0.15, 0.2) is 0 Å². The first-order chi connectivity index (χ1) is 6.54. The first-order valence-corrected chi connectivity index (χ1v) is 5.00. The molecule has 0 heterocycles. The maximum atomic E-state index is 10.9. The highest BCUT2D eigenvalue weighted by Gasteiger charge is 2.11. The van der Waals surface area contributed by atoms with Gasteiger partial charge in [-0.05, 0) is 28.7 Å². The average Bonchev–Trinajstić information content (AvgIpc) is 2.10. The predicted octanol–water partition coefficient (Wildman–Crippen LogP) is 0.736. The van der Waals surface area contributed by atoms with Crippen molar-refractivity contribution >= 4 is 40.4 Å². The number of phenolic OH excluding ortho intramolecular Hbond substituents is 1. The number of hydrogen-bond donors (Lipinski definition) is 3. The Morgan fingerprint density at radius 2 is 2.29 bits per heavy atom. The molecule has 0 aliphatic rings. The maximum absolute atomic E-state index is 10.9. The smallest absolute Gasteiger partial charge is 0.312 e. The molecule has 74 valence electrons. The summed E-state index contributed by atoms with van der Waals surface area (Å²) in [5, 5.41) is 18.0. The van der Waals surface area contributed by atoms with E-state index < -0.39 is 0 Å². The van der Waals surface area contributed by atoms with E-state index in [4.69, 9.17) is 5.41 Å². The third-order valence-electron chi connectivity index (χ3n) is 1.67. The Morgan fingerprint density at radius 3 is 2.79 bits per heavy atom. The highest BCUT2D eigenvalue weighted by atomic mass is 127. The molecule has 0 saturated carbocycles. The van der Waals surface area contributed by atoms with Crippen LogP contribution >= 0.6 is 22.6 Å². The molecule has 4 nitrogen and oxygen atoms in total. The molecule has 4 N–H and O–H groups in total. The highest BCUT2D eigenvalue weighted by molar-refractivity contribution is 14.1. The van der Waals surface area contributed by atoms with Gasteiger partial charge in [-0.3, -0.25) is 5.32 Å². The number of halogens is 1. The van der Waals surface area contributed by atoms with Crippen LogP contribution in [0.1, 0.15) is 12.5 Å². The van der Waals surface area contributed by atoms with Crippen molar-refractivity contribution in [3.05, 3.63) is 21.3 Å². The topological polar surface area (TPSA) is 77.8 Å². The lowest BCUT2D eigenvalue weighted by atomic mass is 10.2. The van der Waals surface area contributed by atoms with Gasteiger partial charge in [0.2, 0.25) is 0 Å².